The maximum absolute atomic E-state index is 4.14. The second kappa shape index (κ2) is 3.68. The first-order valence-electron chi connectivity index (χ1n) is 3.24. The number of hydrogen-bond donors (Lipinski definition) is 2. The van der Waals surface area contributed by atoms with Crippen LogP contribution in [0.2, 0.25) is 0 Å². The lowest BCUT2D eigenvalue weighted by atomic mass is 10.4. The van der Waals surface area contributed by atoms with E-state index >= 15 is 0 Å². The molecule has 0 radical (unpaired) electrons. The van der Waals surface area contributed by atoms with Crippen molar-refractivity contribution in [1.29, 1.82) is 0 Å². The molecule has 0 aliphatic heterocycles. The number of nitrogens with one attached hydrogen (secondary N) is 1. The van der Waals surface area contributed by atoms with Crippen LogP contribution in [0.25, 0.3) is 0 Å². The van der Waals surface area contributed by atoms with Gasteiger partial charge >= 0.3 is 0 Å². The summed E-state index contributed by atoms with van der Waals surface area (Å²) in [6.07, 6.45) is 1.93. The minimum absolute atomic E-state index is 0.791. The predicted octanol–water partition coefficient (Wildman–Crippen LogP) is 1.33. The summed E-state index contributed by atoms with van der Waals surface area (Å²) in [5.41, 5.74) is 1.23. The standard InChI is InChI=1S/C7H12N2S/c1-9(6-10)5-7-3-2-4-8-7/h2-4,8,10H,5-6H2,1H3. The molecule has 0 fully saturated rings. The zero-order valence-corrected chi connectivity index (χ0v) is 6.94. The zero-order valence-electron chi connectivity index (χ0n) is 6.04. The van der Waals surface area contributed by atoms with Crippen molar-refractivity contribution in [2.24, 2.45) is 0 Å². The summed E-state index contributed by atoms with van der Waals surface area (Å²) >= 11 is 4.14. The normalized spacial score (nSPS) is 10.7. The smallest absolute Gasteiger partial charge is 0.0415 e. The molecule has 0 unspecified atom stereocenters. The molecule has 1 N–H and O–H groups in total. The SMILES string of the molecule is CN(CS)Cc1ccc[nH]1. The van der Waals surface area contributed by atoms with Crippen molar-refractivity contribution in [2.75, 3.05) is 12.9 Å². The van der Waals surface area contributed by atoms with Crippen LogP contribution in [0.5, 0.6) is 0 Å². The van der Waals surface area contributed by atoms with E-state index in [9.17, 15) is 0 Å². The molecule has 0 aromatic carbocycles. The van der Waals surface area contributed by atoms with Gasteiger partial charge in [0.1, 0.15) is 0 Å². The van der Waals surface area contributed by atoms with Crippen LogP contribution in [0.3, 0.4) is 0 Å². The lowest BCUT2D eigenvalue weighted by molar-refractivity contribution is 0.383. The molecule has 0 aliphatic carbocycles. The van der Waals surface area contributed by atoms with Crippen molar-refractivity contribution in [1.82, 2.24) is 9.88 Å². The van der Waals surface area contributed by atoms with Crippen LogP contribution in [0.4, 0.5) is 0 Å². The first-order chi connectivity index (χ1) is 4.83. The van der Waals surface area contributed by atoms with Gasteiger partial charge < -0.3 is 4.98 Å². The van der Waals surface area contributed by atoms with Crippen LogP contribution in [-0.4, -0.2) is 22.8 Å². The minimum atomic E-state index is 0.791. The van der Waals surface area contributed by atoms with Crippen molar-refractivity contribution in [3.63, 3.8) is 0 Å². The van der Waals surface area contributed by atoms with E-state index in [-0.39, 0.29) is 0 Å². The zero-order chi connectivity index (χ0) is 7.40. The summed E-state index contributed by atoms with van der Waals surface area (Å²) in [7, 11) is 2.04. The Balaban J connectivity index is 2.40. The first kappa shape index (κ1) is 7.69. The molecule has 0 bridgehead atoms. The summed E-state index contributed by atoms with van der Waals surface area (Å²) in [6, 6.07) is 4.07. The van der Waals surface area contributed by atoms with Gasteiger partial charge in [-0.2, -0.15) is 12.6 Å². The Kier molecular flexibility index (Phi) is 2.83. The Morgan fingerprint density at radius 1 is 1.70 bits per heavy atom. The molecule has 10 heavy (non-hydrogen) atoms. The highest BCUT2D eigenvalue weighted by Gasteiger charge is 1.95. The van der Waals surface area contributed by atoms with Gasteiger partial charge in [-0.3, -0.25) is 4.90 Å². The van der Waals surface area contributed by atoms with Crippen molar-refractivity contribution < 1.29 is 0 Å². The fraction of sp³-hybridized carbons (Fsp3) is 0.429. The summed E-state index contributed by atoms with van der Waals surface area (Å²) in [5.74, 6) is 0.791. The minimum Gasteiger partial charge on any atom is -0.364 e. The fourth-order valence-electron chi connectivity index (χ4n) is 0.807. The van der Waals surface area contributed by atoms with Gasteiger partial charge in [0.15, 0.2) is 0 Å². The molecule has 1 aromatic rings. The Labute approximate surface area is 66.7 Å². The predicted molar refractivity (Wildman–Crippen MR) is 46.1 cm³/mol. The van der Waals surface area contributed by atoms with E-state index in [0.717, 1.165) is 12.4 Å². The molecule has 56 valence electrons. The second-order valence-electron chi connectivity index (χ2n) is 2.35. The van der Waals surface area contributed by atoms with Gasteiger partial charge in [-0.15, -0.1) is 0 Å². The van der Waals surface area contributed by atoms with E-state index in [4.69, 9.17) is 0 Å². The van der Waals surface area contributed by atoms with E-state index in [1.165, 1.54) is 5.69 Å². The summed E-state index contributed by atoms with van der Waals surface area (Å²) in [4.78, 5) is 5.25. The Morgan fingerprint density at radius 3 is 3.00 bits per heavy atom. The van der Waals surface area contributed by atoms with E-state index < -0.39 is 0 Å². The lowest BCUT2D eigenvalue weighted by Gasteiger charge is -2.10. The van der Waals surface area contributed by atoms with E-state index in [0.29, 0.717) is 0 Å². The van der Waals surface area contributed by atoms with E-state index in [1.54, 1.807) is 0 Å². The Bertz CT molecular complexity index is 172. The molecule has 0 saturated heterocycles. The van der Waals surface area contributed by atoms with Crippen molar-refractivity contribution in [2.45, 2.75) is 6.54 Å². The molecule has 2 nitrogen and oxygen atoms in total. The summed E-state index contributed by atoms with van der Waals surface area (Å²) < 4.78 is 0. The highest BCUT2D eigenvalue weighted by atomic mass is 32.1. The van der Waals surface area contributed by atoms with Gasteiger partial charge in [0.05, 0.1) is 0 Å². The third kappa shape index (κ3) is 2.08. The molecule has 0 aliphatic rings. The van der Waals surface area contributed by atoms with Crippen molar-refractivity contribution >= 4 is 12.6 Å². The molecular formula is C7H12N2S. The van der Waals surface area contributed by atoms with E-state index in [2.05, 4.69) is 28.6 Å². The topological polar surface area (TPSA) is 19.0 Å². The number of rotatable bonds is 3. The average molecular weight is 156 g/mol. The lowest BCUT2D eigenvalue weighted by Crippen LogP contribution is -2.15. The molecular weight excluding hydrogens is 144 g/mol. The molecule has 1 heterocycles. The maximum atomic E-state index is 4.14. The van der Waals surface area contributed by atoms with Gasteiger partial charge in [0, 0.05) is 24.3 Å². The molecule has 3 heteroatoms. The number of H-pyrrole nitrogens is 1. The van der Waals surface area contributed by atoms with Gasteiger partial charge in [-0.1, -0.05) is 0 Å². The second-order valence-corrected chi connectivity index (χ2v) is 2.63. The Hall–Kier alpha value is -0.410. The number of aromatic nitrogens is 1. The highest BCUT2D eigenvalue weighted by molar-refractivity contribution is 7.80. The molecule has 0 saturated carbocycles. The van der Waals surface area contributed by atoms with E-state index in [1.807, 2.05) is 19.3 Å². The van der Waals surface area contributed by atoms with Crippen LogP contribution in [0.15, 0.2) is 18.3 Å². The summed E-state index contributed by atoms with van der Waals surface area (Å²) in [5, 5.41) is 0. The first-order valence-corrected chi connectivity index (χ1v) is 3.88. The van der Waals surface area contributed by atoms with Crippen LogP contribution < -0.4 is 0 Å². The monoisotopic (exact) mass is 156 g/mol. The van der Waals surface area contributed by atoms with Gasteiger partial charge in [0.2, 0.25) is 0 Å². The fourth-order valence-corrected chi connectivity index (χ4v) is 0.907. The van der Waals surface area contributed by atoms with Gasteiger partial charge in [-0.25, -0.2) is 0 Å². The maximum Gasteiger partial charge on any atom is 0.0415 e. The van der Waals surface area contributed by atoms with Crippen molar-refractivity contribution in [3.8, 4) is 0 Å². The molecule has 1 rings (SSSR count). The quantitative estimate of drug-likeness (QED) is 0.499. The van der Waals surface area contributed by atoms with Crippen LogP contribution in [-0.2, 0) is 6.54 Å². The third-order valence-corrected chi connectivity index (χ3v) is 1.83. The highest BCUT2D eigenvalue weighted by Crippen LogP contribution is 1.98. The number of aromatic amines is 1. The third-order valence-electron chi connectivity index (χ3n) is 1.34. The largest absolute Gasteiger partial charge is 0.364 e. The number of hydrogen-bond acceptors (Lipinski definition) is 2. The molecule has 0 amide bonds. The Morgan fingerprint density at radius 2 is 2.50 bits per heavy atom. The molecule has 0 spiro atoms. The van der Waals surface area contributed by atoms with Crippen molar-refractivity contribution in [3.05, 3.63) is 24.0 Å². The van der Waals surface area contributed by atoms with Gasteiger partial charge in [0.25, 0.3) is 0 Å². The number of nitrogens with zero attached hydrogens (tertiary/aromatic N) is 1. The van der Waals surface area contributed by atoms with Gasteiger partial charge in [-0.05, 0) is 19.2 Å². The van der Waals surface area contributed by atoms with Crippen LogP contribution >= 0.6 is 12.6 Å². The number of thiol groups is 1. The average Bonchev–Trinajstić information content (AvgIpc) is 2.40. The van der Waals surface area contributed by atoms with Crippen LogP contribution in [0.1, 0.15) is 5.69 Å². The summed E-state index contributed by atoms with van der Waals surface area (Å²) in [6.45, 7) is 0.941. The molecule has 0 atom stereocenters. The van der Waals surface area contributed by atoms with Crippen LogP contribution in [0, 0.1) is 0 Å². The molecule has 1 aromatic heterocycles.